The SMILES string of the molecule is CCn1cc(C(=O)N2CCC3(CC2)CC3N(C)Cc2nccs2)cn1. The van der Waals surface area contributed by atoms with E-state index < -0.39 is 0 Å². The predicted octanol–water partition coefficient (Wildman–Crippen LogP) is 2.49. The molecule has 7 heteroatoms. The van der Waals surface area contributed by atoms with Gasteiger partial charge < -0.3 is 4.90 Å². The summed E-state index contributed by atoms with van der Waals surface area (Å²) in [4.78, 5) is 21.5. The van der Waals surface area contributed by atoms with Gasteiger partial charge in [0.25, 0.3) is 5.91 Å². The maximum absolute atomic E-state index is 12.6. The fourth-order valence-corrected chi connectivity index (χ4v) is 4.80. The van der Waals surface area contributed by atoms with Gasteiger partial charge in [-0.05, 0) is 38.6 Å². The summed E-state index contributed by atoms with van der Waals surface area (Å²) < 4.78 is 1.81. The Labute approximate surface area is 152 Å². The van der Waals surface area contributed by atoms with E-state index in [4.69, 9.17) is 0 Å². The largest absolute Gasteiger partial charge is 0.339 e. The molecule has 1 saturated heterocycles. The molecule has 1 aliphatic heterocycles. The number of rotatable bonds is 5. The third-order valence-electron chi connectivity index (χ3n) is 5.80. The number of aryl methyl sites for hydroxylation is 1. The Kier molecular flexibility index (Phi) is 4.37. The normalized spacial score (nSPS) is 21.9. The van der Waals surface area contributed by atoms with E-state index in [1.165, 1.54) is 11.4 Å². The van der Waals surface area contributed by atoms with Gasteiger partial charge in [0.05, 0.1) is 18.3 Å². The number of amides is 1. The van der Waals surface area contributed by atoms with Crippen LogP contribution in [-0.4, -0.2) is 56.7 Å². The maximum atomic E-state index is 12.6. The highest BCUT2D eigenvalue weighted by Gasteiger charge is 2.56. The zero-order valence-corrected chi connectivity index (χ0v) is 15.7. The highest BCUT2D eigenvalue weighted by atomic mass is 32.1. The summed E-state index contributed by atoms with van der Waals surface area (Å²) in [5.41, 5.74) is 1.13. The highest BCUT2D eigenvalue weighted by molar-refractivity contribution is 7.09. The predicted molar refractivity (Wildman–Crippen MR) is 97.5 cm³/mol. The van der Waals surface area contributed by atoms with Crippen molar-refractivity contribution in [1.29, 1.82) is 0 Å². The number of thiazole rings is 1. The van der Waals surface area contributed by atoms with Gasteiger partial charge in [-0.25, -0.2) is 4.98 Å². The molecule has 2 aromatic heterocycles. The van der Waals surface area contributed by atoms with Crippen LogP contribution >= 0.6 is 11.3 Å². The van der Waals surface area contributed by atoms with Crippen LogP contribution in [0.4, 0.5) is 0 Å². The van der Waals surface area contributed by atoms with Gasteiger partial charge in [0.15, 0.2) is 0 Å². The second-order valence-electron chi connectivity index (χ2n) is 7.30. The van der Waals surface area contributed by atoms with Crippen molar-refractivity contribution in [3.05, 3.63) is 34.5 Å². The van der Waals surface area contributed by atoms with Gasteiger partial charge in [0.1, 0.15) is 5.01 Å². The maximum Gasteiger partial charge on any atom is 0.257 e. The van der Waals surface area contributed by atoms with E-state index in [2.05, 4.69) is 22.0 Å². The summed E-state index contributed by atoms with van der Waals surface area (Å²) in [6, 6.07) is 0.636. The number of aromatic nitrogens is 3. The number of carbonyl (C=O) groups is 1. The molecule has 1 unspecified atom stereocenters. The number of likely N-dealkylation sites (tertiary alicyclic amines) is 1. The van der Waals surface area contributed by atoms with Crippen molar-refractivity contribution in [1.82, 2.24) is 24.6 Å². The zero-order chi connectivity index (χ0) is 17.4. The number of carbonyl (C=O) groups excluding carboxylic acids is 1. The second kappa shape index (κ2) is 6.53. The van der Waals surface area contributed by atoms with Crippen LogP contribution in [0, 0.1) is 5.41 Å². The topological polar surface area (TPSA) is 54.3 Å². The van der Waals surface area contributed by atoms with Crippen molar-refractivity contribution >= 4 is 17.2 Å². The van der Waals surface area contributed by atoms with E-state index in [1.54, 1.807) is 17.5 Å². The van der Waals surface area contributed by atoms with E-state index in [0.717, 1.165) is 39.0 Å². The van der Waals surface area contributed by atoms with E-state index >= 15 is 0 Å². The lowest BCUT2D eigenvalue weighted by Gasteiger charge is -2.34. The van der Waals surface area contributed by atoms with Gasteiger partial charge in [0, 0.05) is 43.4 Å². The molecule has 6 nitrogen and oxygen atoms in total. The Morgan fingerprint density at radius 3 is 2.88 bits per heavy atom. The number of hydrogen-bond acceptors (Lipinski definition) is 5. The molecule has 2 aromatic rings. The summed E-state index contributed by atoms with van der Waals surface area (Å²) in [6.07, 6.45) is 8.89. The molecule has 134 valence electrons. The molecule has 1 spiro atoms. The van der Waals surface area contributed by atoms with Gasteiger partial charge in [0.2, 0.25) is 0 Å². The lowest BCUT2D eigenvalue weighted by molar-refractivity contribution is 0.0657. The molecule has 2 aliphatic rings. The molecule has 1 saturated carbocycles. The summed E-state index contributed by atoms with van der Waals surface area (Å²) >= 11 is 1.72. The van der Waals surface area contributed by atoms with Crippen molar-refractivity contribution in [2.24, 2.45) is 5.41 Å². The summed E-state index contributed by atoms with van der Waals surface area (Å²) in [7, 11) is 2.21. The molecule has 1 atom stereocenters. The molecular formula is C18H25N5OS. The van der Waals surface area contributed by atoms with Crippen LogP contribution in [0.1, 0.15) is 41.6 Å². The minimum atomic E-state index is 0.128. The third kappa shape index (κ3) is 3.22. The molecule has 0 radical (unpaired) electrons. The summed E-state index contributed by atoms with van der Waals surface area (Å²) in [5, 5.41) is 7.44. The van der Waals surface area contributed by atoms with E-state index in [0.29, 0.717) is 17.0 Å². The van der Waals surface area contributed by atoms with Crippen LogP contribution in [0.25, 0.3) is 0 Å². The zero-order valence-electron chi connectivity index (χ0n) is 14.9. The Bertz CT molecular complexity index is 732. The van der Waals surface area contributed by atoms with Gasteiger partial charge in [-0.3, -0.25) is 14.4 Å². The second-order valence-corrected chi connectivity index (χ2v) is 8.28. The highest BCUT2D eigenvalue weighted by Crippen LogP contribution is 2.56. The molecule has 0 bridgehead atoms. The Balaban J connectivity index is 1.32. The lowest BCUT2D eigenvalue weighted by atomic mass is 9.92. The summed E-state index contributed by atoms with van der Waals surface area (Å²) in [6.45, 7) is 5.48. The first kappa shape index (κ1) is 16.7. The minimum Gasteiger partial charge on any atom is -0.339 e. The van der Waals surface area contributed by atoms with Gasteiger partial charge >= 0.3 is 0 Å². The monoisotopic (exact) mass is 359 g/mol. The van der Waals surface area contributed by atoms with Crippen LogP contribution < -0.4 is 0 Å². The quantitative estimate of drug-likeness (QED) is 0.823. The first-order chi connectivity index (χ1) is 12.1. The minimum absolute atomic E-state index is 0.128. The van der Waals surface area contributed by atoms with E-state index in [-0.39, 0.29) is 5.91 Å². The Morgan fingerprint density at radius 1 is 1.44 bits per heavy atom. The molecule has 3 heterocycles. The molecular weight excluding hydrogens is 334 g/mol. The fraction of sp³-hybridized carbons (Fsp3) is 0.611. The third-order valence-corrected chi connectivity index (χ3v) is 6.56. The molecule has 1 aliphatic carbocycles. The van der Waals surface area contributed by atoms with Crippen molar-refractivity contribution in [3.8, 4) is 0 Å². The first-order valence-corrected chi connectivity index (χ1v) is 9.89. The number of piperidine rings is 1. The summed E-state index contributed by atoms with van der Waals surface area (Å²) in [5.74, 6) is 0.128. The van der Waals surface area contributed by atoms with Crippen LogP contribution in [0.3, 0.4) is 0 Å². The molecule has 0 aromatic carbocycles. The van der Waals surface area contributed by atoms with Crippen LogP contribution in [0.2, 0.25) is 0 Å². The average Bonchev–Trinajstić information content (AvgIpc) is 3.02. The van der Waals surface area contributed by atoms with Crippen molar-refractivity contribution in [2.45, 2.75) is 45.3 Å². The van der Waals surface area contributed by atoms with Gasteiger partial charge in [-0.2, -0.15) is 5.10 Å². The fourth-order valence-electron chi connectivity index (χ4n) is 4.13. The van der Waals surface area contributed by atoms with Crippen LogP contribution in [0.5, 0.6) is 0 Å². The average molecular weight is 359 g/mol. The van der Waals surface area contributed by atoms with Crippen LogP contribution in [0.15, 0.2) is 24.0 Å². The number of hydrogen-bond donors (Lipinski definition) is 0. The molecule has 4 rings (SSSR count). The van der Waals surface area contributed by atoms with E-state index in [9.17, 15) is 4.79 Å². The van der Waals surface area contributed by atoms with Crippen molar-refractivity contribution in [2.75, 3.05) is 20.1 Å². The number of nitrogens with zero attached hydrogens (tertiary/aromatic N) is 5. The Morgan fingerprint density at radius 2 is 2.24 bits per heavy atom. The van der Waals surface area contributed by atoms with Gasteiger partial charge in [-0.15, -0.1) is 11.3 Å². The Hall–Kier alpha value is -1.73. The van der Waals surface area contributed by atoms with Gasteiger partial charge in [-0.1, -0.05) is 0 Å². The first-order valence-electron chi connectivity index (χ1n) is 9.02. The van der Waals surface area contributed by atoms with Crippen molar-refractivity contribution < 1.29 is 4.79 Å². The molecule has 0 N–H and O–H groups in total. The molecule has 2 fully saturated rings. The van der Waals surface area contributed by atoms with Crippen LogP contribution in [-0.2, 0) is 13.1 Å². The standard InChI is InChI=1S/C18H25N5OS/c1-3-23-12-14(11-20-23)17(24)22-7-4-18(5-8-22)10-15(18)21(2)13-16-19-6-9-25-16/h6,9,11-12,15H,3-5,7-8,10,13H2,1-2H3. The lowest BCUT2D eigenvalue weighted by Crippen LogP contribution is -2.41. The molecule has 25 heavy (non-hydrogen) atoms. The molecule has 1 amide bonds. The van der Waals surface area contributed by atoms with Crippen molar-refractivity contribution in [3.63, 3.8) is 0 Å². The van der Waals surface area contributed by atoms with E-state index in [1.807, 2.05) is 34.3 Å². The smallest absolute Gasteiger partial charge is 0.257 e.